The second kappa shape index (κ2) is 9.52. The van der Waals surface area contributed by atoms with Gasteiger partial charge < -0.3 is 4.90 Å². The third-order valence-electron chi connectivity index (χ3n) is 6.22. The van der Waals surface area contributed by atoms with E-state index in [9.17, 15) is 18.0 Å². The molecule has 0 aliphatic carbocycles. The minimum Gasteiger partial charge on any atom is -0.371 e. The Kier molecular flexibility index (Phi) is 6.71. The van der Waals surface area contributed by atoms with Crippen molar-refractivity contribution in [3.05, 3.63) is 53.6 Å². The van der Waals surface area contributed by atoms with Crippen LogP contribution < -0.4 is 15.1 Å². The molecule has 4 rings (SSSR count). The number of nitrogens with one attached hydrogen (secondary N) is 1. The van der Waals surface area contributed by atoms with Crippen molar-refractivity contribution in [1.82, 2.24) is 5.32 Å². The van der Waals surface area contributed by atoms with Gasteiger partial charge >= 0.3 is 6.03 Å². The number of hydrogen-bond donors (Lipinski definition) is 1. The molecule has 0 atom stereocenters. The first-order valence-corrected chi connectivity index (χ1v) is 12.7. The van der Waals surface area contributed by atoms with Crippen molar-refractivity contribution in [3.8, 4) is 0 Å². The van der Waals surface area contributed by atoms with Crippen LogP contribution >= 0.6 is 0 Å². The van der Waals surface area contributed by atoms with Gasteiger partial charge in [0.2, 0.25) is 5.91 Å². The van der Waals surface area contributed by atoms with Gasteiger partial charge in [-0.3, -0.25) is 19.2 Å². The Labute approximate surface area is 194 Å². The molecule has 0 aromatic heterocycles. The summed E-state index contributed by atoms with van der Waals surface area (Å²) < 4.78 is 30.3. The van der Waals surface area contributed by atoms with Crippen LogP contribution in [0.2, 0.25) is 0 Å². The van der Waals surface area contributed by atoms with E-state index in [1.54, 1.807) is 17.9 Å². The highest BCUT2D eigenvalue weighted by Gasteiger charge is 2.28. The van der Waals surface area contributed by atoms with E-state index in [4.69, 9.17) is 4.18 Å². The molecule has 2 fully saturated rings. The number of amides is 3. The van der Waals surface area contributed by atoms with Crippen LogP contribution in [0, 0.1) is 6.92 Å². The van der Waals surface area contributed by atoms with Gasteiger partial charge in [0.15, 0.2) is 0 Å². The lowest BCUT2D eigenvalue weighted by Crippen LogP contribution is -2.49. The second-order valence-corrected chi connectivity index (χ2v) is 10.0. The summed E-state index contributed by atoms with van der Waals surface area (Å²) in [7, 11) is -3.77. The third-order valence-corrected chi connectivity index (χ3v) is 7.68. The Morgan fingerprint density at radius 3 is 2.30 bits per heavy atom. The molecule has 3 amide bonds. The average Bonchev–Trinajstić information content (AvgIpc) is 2.79. The van der Waals surface area contributed by atoms with Gasteiger partial charge in [0.25, 0.3) is 10.1 Å². The summed E-state index contributed by atoms with van der Waals surface area (Å²) in [4.78, 5) is 27.5. The molecule has 0 spiro atoms. The third kappa shape index (κ3) is 5.04. The van der Waals surface area contributed by atoms with E-state index >= 15 is 0 Å². The van der Waals surface area contributed by atoms with Gasteiger partial charge in [0.05, 0.1) is 11.5 Å². The standard InChI is InChI=1S/C24H29N3O5S/c1-3-32-33(30,31)22-9-4-17(2)16-21(22)18-10-13-26(14-11-18)19-5-7-20(8-6-19)27-15-12-23(28)25-24(27)29/h4-9,16,18H,3,10-15H2,1-2H3,(H,25,28,29). The number of rotatable bonds is 6. The molecule has 2 aromatic carbocycles. The van der Waals surface area contributed by atoms with Gasteiger partial charge in [-0.15, -0.1) is 0 Å². The zero-order valence-electron chi connectivity index (χ0n) is 18.9. The average molecular weight is 472 g/mol. The molecular weight excluding hydrogens is 442 g/mol. The van der Waals surface area contributed by atoms with Gasteiger partial charge in [0.1, 0.15) is 0 Å². The van der Waals surface area contributed by atoms with Gasteiger partial charge in [0, 0.05) is 37.4 Å². The first-order valence-electron chi connectivity index (χ1n) is 11.2. The maximum atomic E-state index is 12.6. The van der Waals surface area contributed by atoms with Gasteiger partial charge in [-0.2, -0.15) is 8.42 Å². The summed E-state index contributed by atoms with van der Waals surface area (Å²) >= 11 is 0. The van der Waals surface area contributed by atoms with Crippen LogP contribution in [0.3, 0.4) is 0 Å². The molecule has 2 aromatic rings. The molecule has 2 saturated heterocycles. The molecular formula is C24H29N3O5S. The molecule has 2 aliphatic rings. The molecule has 0 unspecified atom stereocenters. The molecule has 2 heterocycles. The summed E-state index contributed by atoms with van der Waals surface area (Å²) in [6.45, 7) is 5.72. The Morgan fingerprint density at radius 2 is 1.67 bits per heavy atom. The second-order valence-electron chi connectivity index (χ2n) is 8.43. The maximum absolute atomic E-state index is 12.6. The highest BCUT2D eigenvalue weighted by Crippen LogP contribution is 2.35. The first-order chi connectivity index (χ1) is 15.8. The normalized spacial score (nSPS) is 17.9. The van der Waals surface area contributed by atoms with E-state index < -0.39 is 16.1 Å². The number of benzene rings is 2. The Balaban J connectivity index is 1.45. The molecule has 0 radical (unpaired) electrons. The highest BCUT2D eigenvalue weighted by atomic mass is 32.2. The minimum absolute atomic E-state index is 0.111. The summed E-state index contributed by atoms with van der Waals surface area (Å²) in [5.41, 5.74) is 3.67. The maximum Gasteiger partial charge on any atom is 0.328 e. The highest BCUT2D eigenvalue weighted by molar-refractivity contribution is 7.86. The van der Waals surface area contributed by atoms with Gasteiger partial charge in [-0.25, -0.2) is 4.79 Å². The first kappa shape index (κ1) is 23.3. The number of piperidine rings is 1. The Morgan fingerprint density at radius 1 is 1.00 bits per heavy atom. The van der Waals surface area contributed by atoms with Crippen molar-refractivity contribution in [1.29, 1.82) is 0 Å². The van der Waals surface area contributed by atoms with Crippen molar-refractivity contribution >= 4 is 33.4 Å². The fourth-order valence-corrected chi connectivity index (χ4v) is 5.72. The van der Waals surface area contributed by atoms with Crippen LogP contribution in [0.25, 0.3) is 0 Å². The molecule has 1 N–H and O–H groups in total. The lowest BCUT2D eigenvalue weighted by Gasteiger charge is -2.35. The molecule has 9 heteroatoms. The largest absolute Gasteiger partial charge is 0.371 e. The van der Waals surface area contributed by atoms with Crippen LogP contribution in [0.1, 0.15) is 43.2 Å². The smallest absolute Gasteiger partial charge is 0.328 e. The zero-order valence-corrected chi connectivity index (χ0v) is 19.7. The van der Waals surface area contributed by atoms with Gasteiger partial charge in [-0.05, 0) is 68.5 Å². The van der Waals surface area contributed by atoms with E-state index in [-0.39, 0.29) is 23.3 Å². The van der Waals surface area contributed by atoms with E-state index in [1.807, 2.05) is 43.3 Å². The van der Waals surface area contributed by atoms with Crippen LogP contribution in [0.15, 0.2) is 47.4 Å². The number of urea groups is 1. The van der Waals surface area contributed by atoms with Crippen LogP contribution in [-0.2, 0) is 19.1 Å². The zero-order chi connectivity index (χ0) is 23.6. The minimum atomic E-state index is -3.77. The predicted molar refractivity (Wildman–Crippen MR) is 126 cm³/mol. The number of imide groups is 1. The van der Waals surface area contributed by atoms with Gasteiger partial charge in [-0.1, -0.05) is 17.7 Å². The fraction of sp³-hybridized carbons (Fsp3) is 0.417. The number of hydrogen-bond acceptors (Lipinski definition) is 6. The lowest BCUT2D eigenvalue weighted by atomic mass is 9.88. The molecule has 0 bridgehead atoms. The number of carbonyl (C=O) groups is 2. The van der Waals surface area contributed by atoms with E-state index in [0.29, 0.717) is 13.0 Å². The fourth-order valence-electron chi connectivity index (χ4n) is 4.54. The monoisotopic (exact) mass is 471 g/mol. The van der Waals surface area contributed by atoms with Crippen molar-refractivity contribution in [2.45, 2.75) is 43.9 Å². The lowest BCUT2D eigenvalue weighted by molar-refractivity contribution is -0.120. The van der Waals surface area contributed by atoms with Crippen LogP contribution in [-0.4, -0.2) is 46.6 Å². The summed E-state index contributed by atoms with van der Waals surface area (Å²) in [6.07, 6.45) is 1.95. The Hall–Kier alpha value is -2.91. The van der Waals surface area contributed by atoms with Crippen molar-refractivity contribution in [2.75, 3.05) is 36.0 Å². The molecule has 8 nitrogen and oxygen atoms in total. The number of aryl methyl sites for hydroxylation is 1. The summed E-state index contributed by atoms with van der Waals surface area (Å²) in [5, 5.41) is 2.34. The molecule has 33 heavy (non-hydrogen) atoms. The molecule has 176 valence electrons. The van der Waals surface area contributed by atoms with Crippen molar-refractivity contribution in [2.24, 2.45) is 0 Å². The van der Waals surface area contributed by atoms with Crippen molar-refractivity contribution < 1.29 is 22.2 Å². The predicted octanol–water partition coefficient (Wildman–Crippen LogP) is 3.55. The van der Waals surface area contributed by atoms with Crippen LogP contribution in [0.5, 0.6) is 0 Å². The van der Waals surface area contributed by atoms with Crippen molar-refractivity contribution in [3.63, 3.8) is 0 Å². The quantitative estimate of drug-likeness (QED) is 0.648. The molecule has 0 saturated carbocycles. The topological polar surface area (TPSA) is 96.0 Å². The number of carbonyl (C=O) groups excluding carboxylic acids is 2. The molecule has 2 aliphatic heterocycles. The van der Waals surface area contributed by atoms with E-state index in [1.165, 1.54) is 0 Å². The SMILES string of the molecule is CCOS(=O)(=O)c1ccc(C)cc1C1CCN(c2ccc(N3CCC(=O)NC3=O)cc2)CC1. The van der Waals surface area contributed by atoms with E-state index in [2.05, 4.69) is 10.2 Å². The summed E-state index contributed by atoms with van der Waals surface area (Å²) in [6, 6.07) is 12.8. The summed E-state index contributed by atoms with van der Waals surface area (Å²) in [5.74, 6) is -0.109. The Bertz CT molecular complexity index is 1140. The number of anilines is 2. The van der Waals surface area contributed by atoms with Crippen LogP contribution in [0.4, 0.5) is 16.2 Å². The van der Waals surface area contributed by atoms with E-state index in [0.717, 1.165) is 48.4 Å². The number of nitrogens with zero attached hydrogens (tertiary/aromatic N) is 2.